The third-order valence-electron chi connectivity index (χ3n) is 2.63. The average Bonchev–Trinajstić information content (AvgIpc) is 2.72. The zero-order chi connectivity index (χ0) is 13.1. The fraction of sp³-hybridized carbons (Fsp3) is 0.545. The number of rotatable bonds is 5. The van der Waals surface area contributed by atoms with Gasteiger partial charge in [0, 0.05) is 29.2 Å². The number of H-pyrrole nitrogens is 1. The van der Waals surface area contributed by atoms with Crippen molar-refractivity contribution in [1.82, 2.24) is 19.6 Å². The zero-order valence-electron chi connectivity index (χ0n) is 10.3. The second-order valence-electron chi connectivity index (χ2n) is 4.03. The number of nitrogens with one attached hydrogen (secondary N) is 1. The van der Waals surface area contributed by atoms with Crippen molar-refractivity contribution >= 4 is 28.1 Å². The van der Waals surface area contributed by atoms with E-state index >= 15 is 0 Å². The normalized spacial score (nSPS) is 13.1. The van der Waals surface area contributed by atoms with Crippen molar-refractivity contribution in [2.75, 3.05) is 6.61 Å². The Morgan fingerprint density at radius 1 is 1.61 bits per heavy atom. The Bertz CT molecular complexity index is 592. The maximum absolute atomic E-state index is 11.8. The molecular weight excluding hydrogens is 347 g/mol. The van der Waals surface area contributed by atoms with Crippen molar-refractivity contribution in [3.05, 3.63) is 26.2 Å². The van der Waals surface area contributed by atoms with Gasteiger partial charge in [0.15, 0.2) is 15.2 Å². The Morgan fingerprint density at radius 2 is 2.39 bits per heavy atom. The Labute approximate surface area is 118 Å². The number of ether oxygens (including phenoxy) is 1. The van der Waals surface area contributed by atoms with Crippen molar-refractivity contribution in [3.63, 3.8) is 0 Å². The standard InChI is InChI=1S/C11H15IN4O2/c1-3-4-5-18-7(2)9-14-10(17)8-6-13-11(12)16(8)15-9/h6-7H,3-5H2,1-2H3,(H,14,15,17). The van der Waals surface area contributed by atoms with Gasteiger partial charge in [0.05, 0.1) is 6.20 Å². The van der Waals surface area contributed by atoms with Crippen LogP contribution >= 0.6 is 22.6 Å². The molecule has 0 amide bonds. The van der Waals surface area contributed by atoms with E-state index in [1.54, 1.807) is 0 Å². The third kappa shape index (κ3) is 2.72. The van der Waals surface area contributed by atoms with Crippen molar-refractivity contribution < 1.29 is 4.74 Å². The summed E-state index contributed by atoms with van der Waals surface area (Å²) in [6, 6.07) is 0. The topological polar surface area (TPSA) is 72.3 Å². The molecular formula is C11H15IN4O2. The van der Waals surface area contributed by atoms with Crippen molar-refractivity contribution in [2.45, 2.75) is 32.8 Å². The van der Waals surface area contributed by atoms with Crippen LogP contribution in [0.3, 0.4) is 0 Å². The van der Waals surface area contributed by atoms with Crippen molar-refractivity contribution in [1.29, 1.82) is 0 Å². The highest BCUT2D eigenvalue weighted by Gasteiger charge is 2.13. The van der Waals surface area contributed by atoms with E-state index in [0.717, 1.165) is 12.8 Å². The molecule has 1 N–H and O–H groups in total. The van der Waals surface area contributed by atoms with Crippen LogP contribution in [0.25, 0.3) is 5.52 Å². The highest BCUT2D eigenvalue weighted by atomic mass is 127. The maximum Gasteiger partial charge on any atom is 0.277 e. The van der Waals surface area contributed by atoms with E-state index in [4.69, 9.17) is 4.74 Å². The molecule has 6 nitrogen and oxygen atoms in total. The zero-order valence-corrected chi connectivity index (χ0v) is 12.5. The Kier molecular flexibility index (Phi) is 4.33. The van der Waals surface area contributed by atoms with Crippen LogP contribution in [0.5, 0.6) is 0 Å². The molecule has 1 unspecified atom stereocenters. The maximum atomic E-state index is 11.8. The van der Waals surface area contributed by atoms with E-state index in [9.17, 15) is 4.79 Å². The number of fused-ring (bicyclic) bond motifs is 1. The predicted molar refractivity (Wildman–Crippen MR) is 75.6 cm³/mol. The van der Waals surface area contributed by atoms with Gasteiger partial charge in [0.1, 0.15) is 6.10 Å². The number of halogens is 1. The van der Waals surface area contributed by atoms with Crippen LogP contribution < -0.4 is 5.56 Å². The molecule has 0 aliphatic rings. The molecule has 0 saturated carbocycles. The number of aromatic amines is 1. The predicted octanol–water partition coefficient (Wildman–Crippen LogP) is 1.90. The molecule has 0 fully saturated rings. The van der Waals surface area contributed by atoms with Crippen LogP contribution in [0.2, 0.25) is 0 Å². The Balaban J connectivity index is 2.28. The summed E-state index contributed by atoms with van der Waals surface area (Å²) in [5.74, 6) is 0.527. The summed E-state index contributed by atoms with van der Waals surface area (Å²) >= 11 is 2.04. The van der Waals surface area contributed by atoms with Crippen molar-refractivity contribution in [3.8, 4) is 0 Å². The number of imidazole rings is 1. The molecule has 7 heteroatoms. The number of unbranched alkanes of at least 4 members (excludes halogenated alkanes) is 1. The molecule has 0 radical (unpaired) electrons. The van der Waals surface area contributed by atoms with Crippen LogP contribution in [0, 0.1) is 3.83 Å². The first-order valence-corrected chi connectivity index (χ1v) is 6.96. The Morgan fingerprint density at radius 3 is 3.11 bits per heavy atom. The van der Waals surface area contributed by atoms with Gasteiger partial charge in [-0.25, -0.2) is 9.50 Å². The van der Waals surface area contributed by atoms with Gasteiger partial charge in [-0.05, 0) is 13.3 Å². The van der Waals surface area contributed by atoms with Gasteiger partial charge in [0.25, 0.3) is 5.56 Å². The lowest BCUT2D eigenvalue weighted by Crippen LogP contribution is -2.19. The highest BCUT2D eigenvalue weighted by molar-refractivity contribution is 14.1. The molecule has 98 valence electrons. The van der Waals surface area contributed by atoms with Crippen LogP contribution in [0.4, 0.5) is 0 Å². The highest BCUT2D eigenvalue weighted by Crippen LogP contribution is 2.12. The van der Waals surface area contributed by atoms with E-state index in [1.165, 1.54) is 10.7 Å². The molecule has 0 bridgehead atoms. The molecule has 0 aromatic carbocycles. The molecule has 18 heavy (non-hydrogen) atoms. The van der Waals surface area contributed by atoms with Gasteiger partial charge in [-0.2, -0.15) is 0 Å². The monoisotopic (exact) mass is 362 g/mol. The minimum atomic E-state index is -0.230. The minimum absolute atomic E-state index is 0.193. The van der Waals surface area contributed by atoms with Crippen molar-refractivity contribution in [2.24, 2.45) is 0 Å². The molecule has 0 aliphatic heterocycles. The minimum Gasteiger partial charge on any atom is -0.371 e. The van der Waals surface area contributed by atoms with Crippen LogP contribution in [0.15, 0.2) is 11.0 Å². The lowest BCUT2D eigenvalue weighted by Gasteiger charge is -2.11. The fourth-order valence-corrected chi connectivity index (χ4v) is 2.06. The summed E-state index contributed by atoms with van der Waals surface area (Å²) in [7, 11) is 0. The first-order valence-electron chi connectivity index (χ1n) is 5.88. The quantitative estimate of drug-likeness (QED) is 0.652. The first-order chi connectivity index (χ1) is 8.63. The lowest BCUT2D eigenvalue weighted by atomic mass is 10.3. The largest absolute Gasteiger partial charge is 0.371 e. The second-order valence-corrected chi connectivity index (χ2v) is 5.00. The fourth-order valence-electron chi connectivity index (χ4n) is 1.55. The van der Waals surface area contributed by atoms with Crippen LogP contribution in [-0.2, 0) is 4.74 Å². The Hall–Kier alpha value is -0.960. The van der Waals surface area contributed by atoms with Crippen LogP contribution in [-0.4, -0.2) is 26.2 Å². The number of hydrogen-bond donors (Lipinski definition) is 1. The molecule has 0 saturated heterocycles. The van der Waals surface area contributed by atoms with Gasteiger partial charge in [0.2, 0.25) is 0 Å². The number of nitrogens with zero attached hydrogens (tertiary/aromatic N) is 3. The SMILES string of the molecule is CCCCOC(C)c1nn2c(I)ncc2c(=O)[nH]1. The van der Waals surface area contributed by atoms with Gasteiger partial charge < -0.3 is 9.72 Å². The molecule has 0 aliphatic carbocycles. The molecule has 1 atom stereocenters. The molecule has 2 rings (SSSR count). The number of aromatic nitrogens is 4. The van der Waals surface area contributed by atoms with Gasteiger partial charge in [-0.1, -0.05) is 13.3 Å². The number of hydrogen-bond acceptors (Lipinski definition) is 4. The molecule has 2 aromatic rings. The lowest BCUT2D eigenvalue weighted by molar-refractivity contribution is 0.0567. The molecule has 2 heterocycles. The van der Waals surface area contributed by atoms with Crippen LogP contribution in [0.1, 0.15) is 38.6 Å². The van der Waals surface area contributed by atoms with Gasteiger partial charge >= 0.3 is 0 Å². The summed E-state index contributed by atoms with van der Waals surface area (Å²) < 4.78 is 7.82. The third-order valence-corrected chi connectivity index (χ3v) is 3.36. The van der Waals surface area contributed by atoms with E-state index in [2.05, 4.69) is 22.0 Å². The summed E-state index contributed by atoms with van der Waals surface area (Å²) in [5, 5.41) is 4.34. The van der Waals surface area contributed by atoms with Gasteiger partial charge in [-0.3, -0.25) is 4.79 Å². The summed E-state index contributed by atoms with van der Waals surface area (Å²) in [6.07, 6.45) is 3.36. The second kappa shape index (κ2) is 5.79. The smallest absolute Gasteiger partial charge is 0.277 e. The summed E-state index contributed by atoms with van der Waals surface area (Å²) in [4.78, 5) is 18.6. The average molecular weight is 362 g/mol. The summed E-state index contributed by atoms with van der Waals surface area (Å²) in [5.41, 5.74) is 0.255. The van der Waals surface area contributed by atoms with E-state index in [1.807, 2.05) is 29.5 Å². The summed E-state index contributed by atoms with van der Waals surface area (Å²) in [6.45, 7) is 4.65. The molecule has 2 aromatic heterocycles. The van der Waals surface area contributed by atoms with E-state index in [0.29, 0.717) is 21.8 Å². The van der Waals surface area contributed by atoms with E-state index in [-0.39, 0.29) is 11.7 Å². The van der Waals surface area contributed by atoms with Gasteiger partial charge in [-0.15, -0.1) is 5.10 Å². The molecule has 0 spiro atoms. The first kappa shape index (κ1) is 13.5. The van der Waals surface area contributed by atoms with E-state index < -0.39 is 0 Å².